The SMILES string of the molecule is CCc1cc([C@H]2O[C@@H](n3cnc4c(NC5CCN(C(C)=O)CC5)nc(NC5CCC(N)CC5)nc43)[C@H](O)[C@@H]2O)on1. The van der Waals surface area contributed by atoms with E-state index in [1.54, 1.807) is 23.9 Å². The molecule has 3 fully saturated rings. The second-order valence-corrected chi connectivity index (χ2v) is 11.4. The normalized spacial score (nSPS) is 29.2. The molecule has 0 bridgehead atoms. The van der Waals surface area contributed by atoms with Crippen molar-refractivity contribution in [3.8, 4) is 0 Å². The Morgan fingerprint density at radius 1 is 1.07 bits per heavy atom. The topological polar surface area (TPSA) is 190 Å². The Hall–Kier alpha value is -3.33. The first kappa shape index (κ1) is 27.8. The van der Waals surface area contributed by atoms with E-state index in [9.17, 15) is 15.0 Å². The lowest BCUT2D eigenvalue weighted by Crippen LogP contribution is -2.41. The maximum atomic E-state index is 11.8. The van der Waals surface area contributed by atoms with Crippen LogP contribution in [0.3, 0.4) is 0 Å². The fourth-order valence-electron chi connectivity index (χ4n) is 6.00. The van der Waals surface area contributed by atoms with Crippen LogP contribution in [0.15, 0.2) is 16.9 Å². The maximum absolute atomic E-state index is 11.8. The van der Waals surface area contributed by atoms with Crippen molar-refractivity contribution in [2.45, 2.75) is 101 Å². The van der Waals surface area contributed by atoms with Crippen molar-refractivity contribution < 1.29 is 24.3 Å². The zero-order valence-corrected chi connectivity index (χ0v) is 23.4. The molecule has 1 aliphatic carbocycles. The molecule has 0 radical (unpaired) electrons. The molecule has 6 rings (SSSR count). The second-order valence-electron chi connectivity index (χ2n) is 11.4. The average molecular weight is 570 g/mol. The Kier molecular flexibility index (Phi) is 7.81. The van der Waals surface area contributed by atoms with Crippen molar-refractivity contribution in [3.63, 3.8) is 0 Å². The predicted octanol–water partition coefficient (Wildman–Crippen LogP) is 1.47. The van der Waals surface area contributed by atoms with Crippen LogP contribution in [0.1, 0.15) is 76.2 Å². The van der Waals surface area contributed by atoms with Gasteiger partial charge in [0.05, 0.1) is 12.0 Å². The quantitative estimate of drug-likeness (QED) is 0.276. The van der Waals surface area contributed by atoms with Gasteiger partial charge in [0.15, 0.2) is 29.0 Å². The number of imidazole rings is 1. The number of aliphatic hydroxyl groups is 2. The number of aliphatic hydroxyl groups excluding tert-OH is 2. The van der Waals surface area contributed by atoms with Crippen LogP contribution in [0.4, 0.5) is 11.8 Å². The number of amides is 1. The van der Waals surface area contributed by atoms with Gasteiger partial charge < -0.3 is 40.7 Å². The molecule has 14 heteroatoms. The largest absolute Gasteiger partial charge is 0.387 e. The lowest BCUT2D eigenvalue weighted by molar-refractivity contribution is -0.129. The molecule has 0 unspecified atom stereocenters. The van der Waals surface area contributed by atoms with E-state index >= 15 is 0 Å². The number of rotatable bonds is 7. The van der Waals surface area contributed by atoms with Gasteiger partial charge in [-0.25, -0.2) is 4.98 Å². The first-order chi connectivity index (χ1) is 19.8. The van der Waals surface area contributed by atoms with Crippen LogP contribution in [-0.4, -0.2) is 89.1 Å². The first-order valence-corrected chi connectivity index (χ1v) is 14.6. The summed E-state index contributed by atoms with van der Waals surface area (Å²) in [5.74, 6) is 1.44. The number of aromatic nitrogens is 5. The van der Waals surface area contributed by atoms with Gasteiger partial charge in [0.2, 0.25) is 11.9 Å². The summed E-state index contributed by atoms with van der Waals surface area (Å²) in [6.45, 7) is 4.89. The van der Waals surface area contributed by atoms with Crippen molar-refractivity contribution >= 4 is 28.8 Å². The van der Waals surface area contributed by atoms with E-state index in [1.807, 2.05) is 11.8 Å². The van der Waals surface area contributed by atoms with E-state index in [0.29, 0.717) is 48.2 Å². The molecule has 222 valence electrons. The Labute approximate surface area is 237 Å². The number of carbonyl (C=O) groups excluding carboxylic acids is 1. The van der Waals surface area contributed by atoms with Crippen molar-refractivity contribution in [1.82, 2.24) is 29.6 Å². The smallest absolute Gasteiger partial charge is 0.227 e. The van der Waals surface area contributed by atoms with Gasteiger partial charge in [-0.1, -0.05) is 12.1 Å². The number of anilines is 2. The zero-order valence-electron chi connectivity index (χ0n) is 23.4. The zero-order chi connectivity index (χ0) is 28.7. The van der Waals surface area contributed by atoms with E-state index in [4.69, 9.17) is 25.0 Å². The molecule has 1 saturated carbocycles. The highest BCUT2D eigenvalue weighted by Crippen LogP contribution is 2.40. The minimum atomic E-state index is -1.26. The fraction of sp³-hybridized carbons (Fsp3) is 0.667. The van der Waals surface area contributed by atoms with Gasteiger partial charge in [-0.2, -0.15) is 9.97 Å². The molecule has 0 aromatic carbocycles. The molecule has 2 aliphatic heterocycles. The van der Waals surface area contributed by atoms with Gasteiger partial charge >= 0.3 is 0 Å². The van der Waals surface area contributed by atoms with Gasteiger partial charge in [0.25, 0.3) is 0 Å². The highest BCUT2D eigenvalue weighted by atomic mass is 16.6. The van der Waals surface area contributed by atoms with Crippen LogP contribution in [0.5, 0.6) is 0 Å². The van der Waals surface area contributed by atoms with E-state index < -0.39 is 24.5 Å². The van der Waals surface area contributed by atoms with Gasteiger partial charge in [0, 0.05) is 44.2 Å². The third kappa shape index (κ3) is 5.61. The summed E-state index contributed by atoms with van der Waals surface area (Å²) in [5, 5.41) is 32.9. The number of likely N-dealkylation sites (tertiary alicyclic amines) is 1. The standard InChI is InChI=1S/C27H39N9O5/c1-3-16-12-19(41-34-16)23-21(38)22(39)26(40-23)36-13-29-20-24(30-18-8-10-35(11-9-18)14(2)37)32-27(33-25(20)36)31-17-6-4-15(28)5-7-17/h12-13,15,17-18,21-23,26,38-39H,3-11,28H2,1-2H3,(H2,30,31,32,33)/t15?,17?,21-,22+,23+,26+/m0/s1. The predicted molar refractivity (Wildman–Crippen MR) is 149 cm³/mol. The number of hydrogen-bond donors (Lipinski definition) is 5. The van der Waals surface area contributed by atoms with Crippen LogP contribution in [0.25, 0.3) is 11.2 Å². The van der Waals surface area contributed by atoms with E-state index in [2.05, 4.69) is 20.8 Å². The number of aryl methyl sites for hydroxylation is 1. The number of nitrogens with two attached hydrogens (primary N) is 1. The van der Waals surface area contributed by atoms with Crippen molar-refractivity contribution in [1.29, 1.82) is 0 Å². The molecule has 14 nitrogen and oxygen atoms in total. The molecular formula is C27H39N9O5. The lowest BCUT2D eigenvalue weighted by Gasteiger charge is -2.32. The summed E-state index contributed by atoms with van der Waals surface area (Å²) in [6.07, 6.45) is 3.15. The Morgan fingerprint density at radius 2 is 1.80 bits per heavy atom. The van der Waals surface area contributed by atoms with Crippen LogP contribution in [0.2, 0.25) is 0 Å². The molecule has 41 heavy (non-hydrogen) atoms. The Morgan fingerprint density at radius 3 is 2.49 bits per heavy atom. The van der Waals surface area contributed by atoms with Crippen LogP contribution in [-0.2, 0) is 16.0 Å². The molecular weight excluding hydrogens is 530 g/mol. The minimum absolute atomic E-state index is 0.0807. The molecule has 0 spiro atoms. The number of nitrogens with one attached hydrogen (secondary N) is 2. The number of carbonyl (C=O) groups is 1. The van der Waals surface area contributed by atoms with Gasteiger partial charge in [-0.05, 0) is 44.9 Å². The van der Waals surface area contributed by atoms with Crippen LogP contribution < -0.4 is 16.4 Å². The third-order valence-electron chi connectivity index (χ3n) is 8.54. The highest BCUT2D eigenvalue weighted by Gasteiger charge is 2.47. The van der Waals surface area contributed by atoms with E-state index in [1.165, 1.54) is 0 Å². The van der Waals surface area contributed by atoms with E-state index in [-0.39, 0.29) is 24.0 Å². The molecule has 5 heterocycles. The van der Waals surface area contributed by atoms with Crippen molar-refractivity contribution in [2.24, 2.45) is 5.73 Å². The molecule has 3 aromatic rings. The minimum Gasteiger partial charge on any atom is -0.387 e. The molecule has 2 saturated heterocycles. The van der Waals surface area contributed by atoms with Crippen LogP contribution >= 0.6 is 0 Å². The Balaban J connectivity index is 1.30. The summed E-state index contributed by atoms with van der Waals surface area (Å²) < 4.78 is 13.2. The molecule has 4 atom stereocenters. The Bertz CT molecular complexity index is 1360. The molecule has 1 amide bonds. The monoisotopic (exact) mass is 569 g/mol. The molecule has 3 aliphatic rings. The highest BCUT2D eigenvalue weighted by molar-refractivity contribution is 5.84. The molecule has 6 N–H and O–H groups in total. The maximum Gasteiger partial charge on any atom is 0.227 e. The van der Waals surface area contributed by atoms with Gasteiger partial charge in [0.1, 0.15) is 18.3 Å². The van der Waals surface area contributed by atoms with Gasteiger partial charge in [-0.15, -0.1) is 0 Å². The third-order valence-corrected chi connectivity index (χ3v) is 8.54. The van der Waals surface area contributed by atoms with Gasteiger partial charge in [-0.3, -0.25) is 9.36 Å². The number of nitrogens with zero attached hydrogens (tertiary/aromatic N) is 6. The summed E-state index contributed by atoms with van der Waals surface area (Å²) in [7, 11) is 0. The first-order valence-electron chi connectivity index (χ1n) is 14.6. The second kappa shape index (κ2) is 11.5. The summed E-state index contributed by atoms with van der Waals surface area (Å²) in [5.41, 5.74) is 7.83. The number of fused-ring (bicyclic) bond motifs is 1. The van der Waals surface area contributed by atoms with Crippen LogP contribution in [0, 0.1) is 0 Å². The summed E-state index contributed by atoms with van der Waals surface area (Å²) in [4.78, 5) is 27.9. The fourth-order valence-corrected chi connectivity index (χ4v) is 6.00. The lowest BCUT2D eigenvalue weighted by atomic mass is 9.92. The van der Waals surface area contributed by atoms with Crippen molar-refractivity contribution in [3.05, 3.63) is 23.8 Å². The number of ether oxygens (including phenoxy) is 1. The summed E-state index contributed by atoms with van der Waals surface area (Å²) >= 11 is 0. The number of hydrogen-bond acceptors (Lipinski definition) is 12. The number of piperidine rings is 1. The molecule has 3 aromatic heterocycles. The van der Waals surface area contributed by atoms with Crippen molar-refractivity contribution in [2.75, 3.05) is 23.7 Å². The van der Waals surface area contributed by atoms with E-state index in [0.717, 1.165) is 44.2 Å². The summed E-state index contributed by atoms with van der Waals surface area (Å²) in [6, 6.07) is 2.24. The average Bonchev–Trinajstić information content (AvgIpc) is 3.68.